The number of aryl methyl sites for hydroxylation is 1. The Morgan fingerprint density at radius 1 is 0.889 bits per heavy atom. The van der Waals surface area contributed by atoms with E-state index in [9.17, 15) is 0 Å². The van der Waals surface area contributed by atoms with Crippen LogP contribution in [0, 0.1) is 11.8 Å². The van der Waals surface area contributed by atoms with E-state index in [1.807, 2.05) is 0 Å². The number of unbranched alkanes of at least 4 members (excludes halogenated alkanes) is 1. The molecular weight excluding hydrogens is 360 g/mol. The highest BCUT2D eigenvalue weighted by molar-refractivity contribution is 7.80. The zero-order chi connectivity index (χ0) is 19.9. The molecule has 148 valence electrons. The second-order valence-corrected chi connectivity index (χ2v) is 13.9. The number of benzene rings is 2. The van der Waals surface area contributed by atoms with E-state index in [4.69, 9.17) is 12.6 Å². The Balaban J connectivity index is 2.44. The van der Waals surface area contributed by atoms with Crippen LogP contribution in [-0.4, -0.2) is 8.07 Å². The first-order chi connectivity index (χ1) is 12.9. The van der Waals surface area contributed by atoms with Gasteiger partial charge < -0.3 is 0 Å². The molecule has 0 N–H and O–H groups in total. The molecule has 0 aliphatic heterocycles. The smallest absolute Gasteiger partial charge is 0.0915 e. The summed E-state index contributed by atoms with van der Waals surface area (Å²) in [6.07, 6.45) is 3.63. The number of hydrogen-bond donors (Lipinski definition) is 1. The second kappa shape index (κ2) is 10.5. The van der Waals surface area contributed by atoms with Crippen LogP contribution < -0.4 is 5.19 Å². The van der Waals surface area contributed by atoms with Gasteiger partial charge in [0.05, 0.1) is 8.07 Å². The van der Waals surface area contributed by atoms with Crippen molar-refractivity contribution in [1.29, 1.82) is 0 Å². The van der Waals surface area contributed by atoms with Crippen LogP contribution in [0.2, 0.25) is 12.1 Å². The number of hydrogen-bond acceptors (Lipinski definition) is 1. The van der Waals surface area contributed by atoms with Crippen molar-refractivity contribution in [3.05, 3.63) is 59.7 Å². The van der Waals surface area contributed by atoms with Gasteiger partial charge in [-0.25, -0.2) is 0 Å². The van der Waals surface area contributed by atoms with Gasteiger partial charge in [-0.3, -0.25) is 0 Å². The highest BCUT2D eigenvalue weighted by atomic mass is 32.1. The van der Waals surface area contributed by atoms with Crippen molar-refractivity contribution in [2.75, 3.05) is 0 Å². The Morgan fingerprint density at radius 3 is 2.07 bits per heavy atom. The fraction of sp³-hybridized carbons (Fsp3) is 0.520. The van der Waals surface area contributed by atoms with E-state index in [1.165, 1.54) is 42.1 Å². The van der Waals surface area contributed by atoms with Crippen molar-refractivity contribution in [2.24, 2.45) is 11.8 Å². The first kappa shape index (κ1) is 22.3. The molecule has 0 aromatic heterocycles. The number of thiol groups is 1. The zero-order valence-electron chi connectivity index (χ0n) is 18.0. The molecule has 2 aromatic carbocycles. The molecule has 2 rings (SSSR count). The minimum atomic E-state index is -1.64. The fourth-order valence-corrected chi connectivity index (χ4v) is 11.0. The second-order valence-electron chi connectivity index (χ2n) is 9.09. The van der Waals surface area contributed by atoms with Gasteiger partial charge in [0.15, 0.2) is 0 Å². The lowest BCUT2D eigenvalue weighted by atomic mass is 10.1. The summed E-state index contributed by atoms with van der Waals surface area (Å²) >= 11 is 4.72. The molecule has 0 unspecified atom stereocenters. The summed E-state index contributed by atoms with van der Waals surface area (Å²) in [6.45, 7) is 11.9. The van der Waals surface area contributed by atoms with Crippen LogP contribution in [0.1, 0.15) is 58.6 Å². The van der Waals surface area contributed by atoms with Crippen LogP contribution in [0.15, 0.2) is 53.4 Å². The predicted octanol–water partition coefficient (Wildman–Crippen LogP) is 7.07. The van der Waals surface area contributed by atoms with E-state index in [0.717, 1.165) is 23.2 Å². The van der Waals surface area contributed by atoms with E-state index >= 15 is 0 Å². The van der Waals surface area contributed by atoms with Crippen molar-refractivity contribution in [3.63, 3.8) is 0 Å². The average Bonchev–Trinajstić information content (AvgIpc) is 2.61. The summed E-state index contributed by atoms with van der Waals surface area (Å²) < 4.78 is 0. The largest absolute Gasteiger partial charge is 0.143 e. The lowest BCUT2D eigenvalue weighted by Crippen LogP contribution is -2.52. The lowest BCUT2D eigenvalue weighted by molar-refractivity contribution is 0.679. The standard InChI is InChI=1S/C25H38SSi/c1-6-7-11-23-16-22(14-15-25(23)26)19-27(17-20(2)3,18-21(4)5)24-12-9-8-10-13-24/h8-10,12-16,20-21,26H,6-7,11,17-19H2,1-5H3. The third-order valence-corrected chi connectivity index (χ3v) is 11.7. The summed E-state index contributed by atoms with van der Waals surface area (Å²) in [5.74, 6) is 1.47. The minimum Gasteiger partial charge on any atom is -0.143 e. The maximum atomic E-state index is 4.72. The van der Waals surface area contributed by atoms with Gasteiger partial charge in [0.1, 0.15) is 0 Å². The maximum absolute atomic E-state index is 4.72. The molecule has 0 heterocycles. The Hall–Kier alpha value is -0.993. The van der Waals surface area contributed by atoms with Crippen LogP contribution in [0.25, 0.3) is 0 Å². The Bertz CT molecular complexity index is 681. The summed E-state index contributed by atoms with van der Waals surface area (Å²) in [6, 6.07) is 22.5. The third kappa shape index (κ3) is 6.53. The molecule has 0 saturated heterocycles. The van der Waals surface area contributed by atoms with Crippen LogP contribution in [0.4, 0.5) is 0 Å². The average molecular weight is 399 g/mol. The molecule has 2 aromatic rings. The Morgan fingerprint density at radius 2 is 1.52 bits per heavy atom. The van der Waals surface area contributed by atoms with E-state index < -0.39 is 8.07 Å². The Kier molecular flexibility index (Phi) is 8.69. The third-order valence-electron chi connectivity index (χ3n) is 5.47. The van der Waals surface area contributed by atoms with Crippen molar-refractivity contribution >= 4 is 25.9 Å². The quantitative estimate of drug-likeness (QED) is 0.321. The van der Waals surface area contributed by atoms with Crippen molar-refractivity contribution in [1.82, 2.24) is 0 Å². The molecule has 0 aliphatic carbocycles. The van der Waals surface area contributed by atoms with Crippen LogP contribution in [-0.2, 0) is 12.5 Å². The molecular formula is C25H38SSi. The monoisotopic (exact) mass is 398 g/mol. The summed E-state index contributed by atoms with van der Waals surface area (Å²) in [7, 11) is -1.64. The van der Waals surface area contributed by atoms with Crippen LogP contribution in [0.3, 0.4) is 0 Å². The van der Waals surface area contributed by atoms with Crippen LogP contribution >= 0.6 is 12.6 Å². The number of rotatable bonds is 10. The minimum absolute atomic E-state index is 0.735. The topological polar surface area (TPSA) is 0 Å². The molecule has 0 aliphatic rings. The van der Waals surface area contributed by atoms with Gasteiger partial charge in [-0.05, 0) is 47.9 Å². The Labute approximate surface area is 174 Å². The van der Waals surface area contributed by atoms with E-state index in [1.54, 1.807) is 5.19 Å². The molecule has 2 heteroatoms. The summed E-state index contributed by atoms with van der Waals surface area (Å²) in [5.41, 5.74) is 2.96. The van der Waals surface area contributed by atoms with Gasteiger partial charge in [-0.2, -0.15) is 0 Å². The van der Waals surface area contributed by atoms with Gasteiger partial charge in [-0.15, -0.1) is 12.6 Å². The fourth-order valence-electron chi connectivity index (χ4n) is 4.63. The molecule has 0 nitrogen and oxygen atoms in total. The highest BCUT2D eigenvalue weighted by Crippen LogP contribution is 2.30. The molecule has 0 spiro atoms. The normalized spacial score (nSPS) is 12.1. The van der Waals surface area contributed by atoms with E-state index in [2.05, 4.69) is 83.1 Å². The lowest BCUT2D eigenvalue weighted by Gasteiger charge is -2.36. The maximum Gasteiger partial charge on any atom is 0.0915 e. The molecule has 0 amide bonds. The molecule has 0 atom stereocenters. The van der Waals surface area contributed by atoms with E-state index in [-0.39, 0.29) is 0 Å². The summed E-state index contributed by atoms with van der Waals surface area (Å²) in [4.78, 5) is 1.16. The molecule has 0 saturated carbocycles. The predicted molar refractivity (Wildman–Crippen MR) is 127 cm³/mol. The molecule has 0 bridgehead atoms. The van der Waals surface area contributed by atoms with Gasteiger partial charge in [0.25, 0.3) is 0 Å². The van der Waals surface area contributed by atoms with Gasteiger partial charge >= 0.3 is 0 Å². The SMILES string of the molecule is CCCCc1cc(C[Si](CC(C)C)(CC(C)C)c2ccccc2)ccc1S. The first-order valence-electron chi connectivity index (χ1n) is 10.7. The van der Waals surface area contributed by atoms with Gasteiger partial charge in [-0.1, -0.05) is 101 Å². The highest BCUT2D eigenvalue weighted by Gasteiger charge is 2.36. The zero-order valence-corrected chi connectivity index (χ0v) is 19.9. The van der Waals surface area contributed by atoms with Crippen molar-refractivity contribution in [2.45, 2.75) is 76.9 Å². The van der Waals surface area contributed by atoms with Crippen molar-refractivity contribution in [3.8, 4) is 0 Å². The van der Waals surface area contributed by atoms with Gasteiger partial charge in [0, 0.05) is 4.90 Å². The first-order valence-corrected chi connectivity index (χ1v) is 13.8. The van der Waals surface area contributed by atoms with E-state index in [0.29, 0.717) is 0 Å². The summed E-state index contributed by atoms with van der Waals surface area (Å²) in [5, 5.41) is 1.64. The molecule has 27 heavy (non-hydrogen) atoms. The molecule has 0 radical (unpaired) electrons. The van der Waals surface area contributed by atoms with Gasteiger partial charge in [0.2, 0.25) is 0 Å². The van der Waals surface area contributed by atoms with Crippen LogP contribution in [0.5, 0.6) is 0 Å². The van der Waals surface area contributed by atoms with Crippen molar-refractivity contribution < 1.29 is 0 Å². The molecule has 0 fully saturated rings.